The van der Waals surface area contributed by atoms with Crippen LogP contribution in [-0.2, 0) is 31.2 Å². The molecule has 0 spiro atoms. The average Bonchev–Trinajstić information content (AvgIpc) is 3.26. The molecule has 0 aliphatic heterocycles. The van der Waals surface area contributed by atoms with Crippen molar-refractivity contribution in [1.82, 2.24) is 9.55 Å². The monoisotopic (exact) mass is 547 g/mol. The van der Waals surface area contributed by atoms with Crippen molar-refractivity contribution in [3.63, 3.8) is 0 Å². The number of fused-ring (bicyclic) bond motifs is 1. The Hall–Kier alpha value is -3.33. The zero-order valence-electron chi connectivity index (χ0n) is 24.0. The lowest BCUT2D eigenvalue weighted by molar-refractivity contribution is 0.0854. The summed E-state index contributed by atoms with van der Waals surface area (Å²) in [7, 11) is 2.18. The van der Waals surface area contributed by atoms with Crippen LogP contribution in [0, 0.1) is 6.92 Å². The molecule has 0 bridgehead atoms. The number of anilines is 1. The van der Waals surface area contributed by atoms with Crippen LogP contribution in [0.3, 0.4) is 0 Å². The first-order valence-electron chi connectivity index (χ1n) is 13.4. The van der Waals surface area contributed by atoms with Gasteiger partial charge < -0.3 is 28.8 Å². The van der Waals surface area contributed by atoms with E-state index in [1.54, 1.807) is 14.2 Å². The molecule has 0 radical (unpaired) electrons. The second-order valence-electron chi connectivity index (χ2n) is 11.2. The van der Waals surface area contributed by atoms with Gasteiger partial charge in [-0.15, -0.1) is 0 Å². The van der Waals surface area contributed by atoms with E-state index in [4.69, 9.17) is 19.2 Å². The standard InChI is InChI=1S/C31H41N3O4Si/c1-23-17-30-29(18-26(21-35)34(30)22-38-15-16-39(4,5)6)32-31(23)33(19-24-7-11-27(36-2)12-8-24)20-25-9-13-28(37-3)14-10-25/h7-14,17-18,35H,15-16,19-22H2,1-6H3. The molecule has 0 saturated carbocycles. The Morgan fingerprint density at radius 1 is 0.872 bits per heavy atom. The van der Waals surface area contributed by atoms with Crippen LogP contribution in [0.1, 0.15) is 22.4 Å². The molecule has 1 N–H and O–H groups in total. The van der Waals surface area contributed by atoms with Crippen molar-refractivity contribution in [2.75, 3.05) is 25.7 Å². The topological polar surface area (TPSA) is 69.0 Å². The Balaban J connectivity index is 1.66. The summed E-state index contributed by atoms with van der Waals surface area (Å²) in [5.74, 6) is 2.58. The fourth-order valence-corrected chi connectivity index (χ4v) is 5.32. The number of aromatic nitrogens is 2. The Labute approximate surface area is 233 Å². The van der Waals surface area contributed by atoms with Crippen LogP contribution < -0.4 is 14.4 Å². The third kappa shape index (κ3) is 7.41. The minimum absolute atomic E-state index is 0.0659. The maximum atomic E-state index is 10.1. The Bertz CT molecular complexity index is 1310. The number of pyridine rings is 1. The summed E-state index contributed by atoms with van der Waals surface area (Å²) in [6, 6.07) is 21.5. The van der Waals surface area contributed by atoms with E-state index in [1.807, 2.05) is 34.9 Å². The van der Waals surface area contributed by atoms with Gasteiger partial charge in [-0.2, -0.15) is 0 Å². The van der Waals surface area contributed by atoms with Crippen LogP contribution in [0.2, 0.25) is 25.7 Å². The number of rotatable bonds is 13. The second-order valence-corrected chi connectivity index (χ2v) is 16.8. The van der Waals surface area contributed by atoms with Crippen molar-refractivity contribution in [1.29, 1.82) is 0 Å². The van der Waals surface area contributed by atoms with Gasteiger partial charge in [0.25, 0.3) is 0 Å². The molecule has 2 aromatic heterocycles. The van der Waals surface area contributed by atoms with Crippen molar-refractivity contribution in [3.05, 3.63) is 83.0 Å². The predicted octanol–water partition coefficient (Wildman–Crippen LogP) is 6.37. The molecule has 0 atom stereocenters. The Morgan fingerprint density at radius 2 is 1.44 bits per heavy atom. The van der Waals surface area contributed by atoms with Crippen LogP contribution in [0.5, 0.6) is 11.5 Å². The minimum Gasteiger partial charge on any atom is -0.497 e. The highest BCUT2D eigenvalue weighted by molar-refractivity contribution is 6.76. The molecule has 4 rings (SSSR count). The fourth-order valence-electron chi connectivity index (χ4n) is 4.56. The van der Waals surface area contributed by atoms with Gasteiger partial charge in [0.15, 0.2) is 0 Å². The summed E-state index contributed by atoms with van der Waals surface area (Å²) in [5, 5.41) is 10.1. The summed E-state index contributed by atoms with van der Waals surface area (Å²) in [6.45, 7) is 11.6. The molecule has 7 nitrogen and oxygen atoms in total. The van der Waals surface area contributed by atoms with E-state index in [0.29, 0.717) is 19.8 Å². The first-order valence-corrected chi connectivity index (χ1v) is 17.1. The summed E-state index contributed by atoms with van der Waals surface area (Å²) < 4.78 is 18.8. The highest BCUT2D eigenvalue weighted by Gasteiger charge is 2.18. The van der Waals surface area contributed by atoms with E-state index in [2.05, 4.69) is 61.8 Å². The third-order valence-corrected chi connectivity index (χ3v) is 8.58. The molecule has 0 aliphatic rings. The smallest absolute Gasteiger partial charge is 0.132 e. The fraction of sp³-hybridized carbons (Fsp3) is 0.387. The van der Waals surface area contributed by atoms with Gasteiger partial charge in [-0.3, -0.25) is 0 Å². The zero-order valence-corrected chi connectivity index (χ0v) is 25.0. The molecule has 0 unspecified atom stereocenters. The van der Waals surface area contributed by atoms with Crippen LogP contribution >= 0.6 is 0 Å². The number of aryl methyl sites for hydroxylation is 1. The number of benzene rings is 2. The number of hydrogen-bond acceptors (Lipinski definition) is 6. The van der Waals surface area contributed by atoms with Crippen molar-refractivity contribution >= 4 is 24.9 Å². The SMILES string of the molecule is COc1ccc(CN(Cc2ccc(OC)cc2)c2nc3cc(CO)n(COCC[Si](C)(C)C)c3cc2C)cc1. The number of aliphatic hydroxyl groups excluding tert-OH is 1. The number of methoxy groups -OCH3 is 2. The molecule has 208 valence electrons. The van der Waals surface area contributed by atoms with Gasteiger partial charge >= 0.3 is 0 Å². The lowest BCUT2D eigenvalue weighted by Gasteiger charge is -2.26. The molecule has 0 fully saturated rings. The van der Waals surface area contributed by atoms with Crippen LogP contribution in [0.4, 0.5) is 5.82 Å². The number of hydrogen-bond donors (Lipinski definition) is 1. The molecule has 39 heavy (non-hydrogen) atoms. The number of ether oxygens (including phenoxy) is 3. The van der Waals surface area contributed by atoms with Gasteiger partial charge in [0, 0.05) is 33.5 Å². The molecule has 2 heterocycles. The van der Waals surface area contributed by atoms with E-state index in [1.165, 1.54) is 0 Å². The maximum absolute atomic E-state index is 10.1. The lowest BCUT2D eigenvalue weighted by atomic mass is 10.1. The number of nitrogens with zero attached hydrogens (tertiary/aromatic N) is 3. The van der Waals surface area contributed by atoms with E-state index < -0.39 is 8.07 Å². The molecule has 0 amide bonds. The molecule has 4 aromatic rings. The van der Waals surface area contributed by atoms with Crippen LogP contribution in [0.15, 0.2) is 60.7 Å². The van der Waals surface area contributed by atoms with Gasteiger partial charge in [0.1, 0.15) is 24.0 Å². The highest BCUT2D eigenvalue weighted by atomic mass is 28.3. The van der Waals surface area contributed by atoms with Crippen LogP contribution in [0.25, 0.3) is 11.0 Å². The van der Waals surface area contributed by atoms with Gasteiger partial charge in [-0.1, -0.05) is 43.9 Å². The van der Waals surface area contributed by atoms with Crippen molar-refractivity contribution < 1.29 is 19.3 Å². The first-order chi connectivity index (χ1) is 18.7. The van der Waals surface area contributed by atoms with Crippen molar-refractivity contribution in [3.8, 4) is 11.5 Å². The predicted molar refractivity (Wildman–Crippen MR) is 160 cm³/mol. The number of aliphatic hydroxyl groups is 1. The highest BCUT2D eigenvalue weighted by Crippen LogP contribution is 2.29. The summed E-state index contributed by atoms with van der Waals surface area (Å²) in [5.41, 5.74) is 6.02. The van der Waals surface area contributed by atoms with Crippen LogP contribution in [-0.4, -0.2) is 43.6 Å². The van der Waals surface area contributed by atoms with Gasteiger partial charge in [-0.05, 0) is 66.1 Å². The zero-order chi connectivity index (χ0) is 28.0. The molecule has 0 saturated heterocycles. The van der Waals surface area contributed by atoms with Crippen molar-refractivity contribution in [2.45, 2.75) is 59.0 Å². The maximum Gasteiger partial charge on any atom is 0.132 e. The Morgan fingerprint density at radius 3 is 1.92 bits per heavy atom. The lowest BCUT2D eigenvalue weighted by Crippen LogP contribution is -2.24. The first kappa shape index (κ1) is 28.7. The van der Waals surface area contributed by atoms with Gasteiger partial charge in [0.05, 0.1) is 31.9 Å². The average molecular weight is 548 g/mol. The summed E-state index contributed by atoms with van der Waals surface area (Å²) in [6.07, 6.45) is 0. The minimum atomic E-state index is -1.17. The second kappa shape index (κ2) is 12.7. The normalized spacial score (nSPS) is 11.7. The van der Waals surface area contributed by atoms with E-state index >= 15 is 0 Å². The molecular weight excluding hydrogens is 506 g/mol. The Kier molecular flexibility index (Phi) is 9.32. The molecule has 0 aliphatic carbocycles. The molecular formula is C31H41N3O4Si. The van der Waals surface area contributed by atoms with E-state index in [9.17, 15) is 5.11 Å². The van der Waals surface area contributed by atoms with Gasteiger partial charge in [-0.25, -0.2) is 4.98 Å². The van der Waals surface area contributed by atoms with Crippen molar-refractivity contribution in [2.24, 2.45) is 0 Å². The molecule has 8 heteroatoms. The molecule has 2 aromatic carbocycles. The third-order valence-electron chi connectivity index (χ3n) is 6.88. The largest absolute Gasteiger partial charge is 0.497 e. The summed E-state index contributed by atoms with van der Waals surface area (Å²) >= 11 is 0. The summed E-state index contributed by atoms with van der Waals surface area (Å²) in [4.78, 5) is 7.42. The van der Waals surface area contributed by atoms with E-state index in [-0.39, 0.29) is 6.61 Å². The van der Waals surface area contributed by atoms with Gasteiger partial charge in [0.2, 0.25) is 0 Å². The van der Waals surface area contributed by atoms with E-state index in [0.717, 1.165) is 63.4 Å². The quantitative estimate of drug-likeness (QED) is 0.155.